The van der Waals surface area contributed by atoms with Crippen molar-refractivity contribution in [3.63, 3.8) is 0 Å². The van der Waals surface area contributed by atoms with E-state index in [1.165, 1.54) is 57.1 Å². The first-order chi connectivity index (χ1) is 12.1. The molecule has 2 aliphatic rings. The maximum Gasteiger partial charge on any atom is 0.0493 e. The molecule has 25 heavy (non-hydrogen) atoms. The van der Waals surface area contributed by atoms with Crippen molar-refractivity contribution in [2.75, 3.05) is 27.2 Å². The summed E-state index contributed by atoms with van der Waals surface area (Å²) >= 11 is 0. The number of rotatable bonds is 8. The van der Waals surface area contributed by atoms with Crippen molar-refractivity contribution in [3.8, 4) is 0 Å². The molecule has 3 nitrogen and oxygen atoms in total. The highest BCUT2D eigenvalue weighted by Gasteiger charge is 2.45. The van der Waals surface area contributed by atoms with Crippen molar-refractivity contribution in [1.82, 2.24) is 15.5 Å². The first kappa shape index (κ1) is 18.5. The summed E-state index contributed by atoms with van der Waals surface area (Å²) in [6, 6.07) is 11.2. The van der Waals surface area contributed by atoms with E-state index >= 15 is 0 Å². The van der Waals surface area contributed by atoms with Crippen LogP contribution in [0.3, 0.4) is 0 Å². The van der Waals surface area contributed by atoms with Crippen LogP contribution in [-0.2, 0) is 5.54 Å². The maximum atomic E-state index is 3.92. The largest absolute Gasteiger partial charge is 0.385 e. The highest BCUT2D eigenvalue weighted by Crippen LogP contribution is 2.46. The van der Waals surface area contributed by atoms with Gasteiger partial charge in [-0.1, -0.05) is 43.3 Å². The van der Waals surface area contributed by atoms with Crippen molar-refractivity contribution in [1.29, 1.82) is 0 Å². The number of likely N-dealkylation sites (N-methyl/N-ethyl adjacent to an activating group) is 1. The standard InChI is InChI=1S/C22H35N3/c1-4-24-21(18-23-2)13-15-22(16-14-21,20-11-6-5-7-12-20)25(3)17-19-9-8-10-19/h4-7,11-12,19,23-24H,1,8-10,13-18H2,2-3H3. The maximum absolute atomic E-state index is 3.92. The lowest BCUT2D eigenvalue weighted by molar-refractivity contribution is 0.0200. The van der Waals surface area contributed by atoms with Gasteiger partial charge in [0.2, 0.25) is 0 Å². The molecular weight excluding hydrogens is 306 g/mol. The Morgan fingerprint density at radius 1 is 1.16 bits per heavy atom. The smallest absolute Gasteiger partial charge is 0.0493 e. The van der Waals surface area contributed by atoms with Gasteiger partial charge in [-0.15, -0.1) is 0 Å². The predicted octanol–water partition coefficient (Wildman–Crippen LogP) is 3.88. The van der Waals surface area contributed by atoms with E-state index in [0.717, 1.165) is 12.5 Å². The zero-order chi connectivity index (χ0) is 17.8. The monoisotopic (exact) mass is 341 g/mol. The van der Waals surface area contributed by atoms with Gasteiger partial charge in [-0.2, -0.15) is 0 Å². The van der Waals surface area contributed by atoms with E-state index < -0.39 is 0 Å². The molecule has 0 atom stereocenters. The molecule has 0 saturated heterocycles. The number of nitrogens with zero attached hydrogens (tertiary/aromatic N) is 1. The summed E-state index contributed by atoms with van der Waals surface area (Å²) in [6.07, 6.45) is 10.9. The van der Waals surface area contributed by atoms with Crippen LogP contribution in [0.15, 0.2) is 43.1 Å². The van der Waals surface area contributed by atoms with Crippen LogP contribution >= 0.6 is 0 Å². The third kappa shape index (κ3) is 3.78. The van der Waals surface area contributed by atoms with Gasteiger partial charge in [-0.25, -0.2) is 0 Å². The van der Waals surface area contributed by atoms with Gasteiger partial charge in [0.05, 0.1) is 0 Å². The summed E-state index contributed by atoms with van der Waals surface area (Å²) in [6.45, 7) is 6.16. The lowest BCUT2D eigenvalue weighted by Crippen LogP contribution is -2.58. The Labute approximate surface area is 153 Å². The Morgan fingerprint density at radius 3 is 2.36 bits per heavy atom. The normalized spacial score (nSPS) is 30.0. The molecule has 3 rings (SSSR count). The lowest BCUT2D eigenvalue weighted by atomic mass is 9.68. The van der Waals surface area contributed by atoms with Crippen LogP contribution in [-0.4, -0.2) is 37.6 Å². The molecule has 0 spiro atoms. The highest BCUT2D eigenvalue weighted by molar-refractivity contribution is 5.26. The SMILES string of the molecule is C=CNC1(CNC)CCC(c2ccccc2)(N(C)CC2CCC2)CC1. The molecule has 0 heterocycles. The minimum absolute atomic E-state index is 0.145. The highest BCUT2D eigenvalue weighted by atomic mass is 15.2. The van der Waals surface area contributed by atoms with Crippen LogP contribution in [0, 0.1) is 5.92 Å². The average Bonchev–Trinajstić information content (AvgIpc) is 2.60. The van der Waals surface area contributed by atoms with Gasteiger partial charge in [0.25, 0.3) is 0 Å². The summed E-state index contributed by atoms with van der Waals surface area (Å²) < 4.78 is 0. The first-order valence-corrected chi connectivity index (χ1v) is 9.94. The third-order valence-corrected chi connectivity index (χ3v) is 6.76. The topological polar surface area (TPSA) is 27.3 Å². The molecular formula is C22H35N3. The molecule has 0 bridgehead atoms. The van der Waals surface area contributed by atoms with Crippen LogP contribution in [0.25, 0.3) is 0 Å². The van der Waals surface area contributed by atoms with E-state index in [2.05, 4.69) is 59.5 Å². The molecule has 2 N–H and O–H groups in total. The van der Waals surface area contributed by atoms with Gasteiger partial charge >= 0.3 is 0 Å². The number of hydrogen-bond donors (Lipinski definition) is 2. The zero-order valence-electron chi connectivity index (χ0n) is 16.1. The van der Waals surface area contributed by atoms with Gasteiger partial charge < -0.3 is 10.6 Å². The number of nitrogens with one attached hydrogen (secondary N) is 2. The Hall–Kier alpha value is -1.32. The molecule has 0 radical (unpaired) electrons. The minimum atomic E-state index is 0.145. The van der Waals surface area contributed by atoms with Crippen LogP contribution < -0.4 is 10.6 Å². The van der Waals surface area contributed by atoms with Crippen LogP contribution in [0.4, 0.5) is 0 Å². The first-order valence-electron chi connectivity index (χ1n) is 9.94. The van der Waals surface area contributed by atoms with Gasteiger partial charge in [-0.05, 0) is 70.3 Å². The molecule has 0 unspecified atom stereocenters. The molecule has 2 saturated carbocycles. The summed E-state index contributed by atoms with van der Waals surface area (Å²) in [7, 11) is 4.41. The molecule has 2 aliphatic carbocycles. The van der Waals surface area contributed by atoms with E-state index in [1.54, 1.807) is 0 Å². The third-order valence-electron chi connectivity index (χ3n) is 6.76. The Balaban J connectivity index is 1.82. The zero-order valence-corrected chi connectivity index (χ0v) is 16.1. The second kappa shape index (κ2) is 7.92. The van der Waals surface area contributed by atoms with Gasteiger partial charge in [0, 0.05) is 24.2 Å². The van der Waals surface area contributed by atoms with Gasteiger partial charge in [0.1, 0.15) is 0 Å². The predicted molar refractivity (Wildman–Crippen MR) is 107 cm³/mol. The van der Waals surface area contributed by atoms with E-state index in [1.807, 2.05) is 13.2 Å². The number of benzene rings is 1. The van der Waals surface area contributed by atoms with Crippen molar-refractivity contribution in [2.24, 2.45) is 5.92 Å². The molecule has 1 aromatic rings. The van der Waals surface area contributed by atoms with E-state index in [4.69, 9.17) is 0 Å². The second-order valence-electron chi connectivity index (χ2n) is 8.23. The summed E-state index contributed by atoms with van der Waals surface area (Å²) in [5.74, 6) is 0.904. The van der Waals surface area contributed by atoms with E-state index in [-0.39, 0.29) is 11.1 Å². The van der Waals surface area contributed by atoms with Crippen molar-refractivity contribution in [2.45, 2.75) is 56.0 Å². The fourth-order valence-electron chi connectivity index (χ4n) is 4.95. The molecule has 138 valence electrons. The second-order valence-corrected chi connectivity index (χ2v) is 8.23. The lowest BCUT2D eigenvalue weighted by Gasteiger charge is -2.52. The Morgan fingerprint density at radius 2 is 1.84 bits per heavy atom. The molecule has 0 aliphatic heterocycles. The minimum Gasteiger partial charge on any atom is -0.385 e. The van der Waals surface area contributed by atoms with Crippen molar-refractivity contribution >= 4 is 0 Å². The quantitative estimate of drug-likeness (QED) is 0.751. The summed E-state index contributed by atoms with van der Waals surface area (Å²) in [4.78, 5) is 2.68. The van der Waals surface area contributed by atoms with Crippen molar-refractivity contribution in [3.05, 3.63) is 48.7 Å². The summed E-state index contributed by atoms with van der Waals surface area (Å²) in [5, 5.41) is 6.96. The molecule has 3 heteroatoms. The van der Waals surface area contributed by atoms with Crippen LogP contribution in [0.1, 0.15) is 50.5 Å². The molecule has 1 aromatic carbocycles. The van der Waals surface area contributed by atoms with Gasteiger partial charge in [-0.3, -0.25) is 4.90 Å². The fraction of sp³-hybridized carbons (Fsp3) is 0.636. The van der Waals surface area contributed by atoms with Crippen LogP contribution in [0.2, 0.25) is 0 Å². The Kier molecular flexibility index (Phi) is 5.85. The van der Waals surface area contributed by atoms with E-state index in [9.17, 15) is 0 Å². The van der Waals surface area contributed by atoms with Gasteiger partial charge in [0.15, 0.2) is 0 Å². The van der Waals surface area contributed by atoms with Crippen LogP contribution in [0.5, 0.6) is 0 Å². The van der Waals surface area contributed by atoms with Crippen molar-refractivity contribution < 1.29 is 0 Å². The summed E-state index contributed by atoms with van der Waals surface area (Å²) in [5.41, 5.74) is 1.82. The Bertz CT molecular complexity index is 542. The average molecular weight is 342 g/mol. The fourth-order valence-corrected chi connectivity index (χ4v) is 4.95. The number of hydrogen-bond acceptors (Lipinski definition) is 3. The molecule has 0 aromatic heterocycles. The molecule has 0 amide bonds. The molecule has 2 fully saturated rings. The van der Waals surface area contributed by atoms with E-state index in [0.29, 0.717) is 0 Å².